The first kappa shape index (κ1) is 13.9. The average molecular weight is 293 g/mol. The third-order valence-corrected chi connectivity index (χ3v) is 4.06. The van der Waals surface area contributed by atoms with Gasteiger partial charge in [0.2, 0.25) is 0 Å². The van der Waals surface area contributed by atoms with E-state index in [2.05, 4.69) is 0 Å². The van der Waals surface area contributed by atoms with Crippen molar-refractivity contribution in [1.29, 1.82) is 0 Å². The summed E-state index contributed by atoms with van der Waals surface area (Å²) in [4.78, 5) is 25.1. The highest BCUT2D eigenvalue weighted by molar-refractivity contribution is 5.87. The molecule has 5 nitrogen and oxygen atoms in total. The zero-order chi connectivity index (χ0) is 15.0. The maximum atomic E-state index is 13.6. The molecule has 3 rings (SSSR count). The topological polar surface area (TPSA) is 66.8 Å². The monoisotopic (exact) mass is 293 g/mol. The fourth-order valence-corrected chi connectivity index (χ4v) is 3.00. The summed E-state index contributed by atoms with van der Waals surface area (Å²) < 4.78 is 19.1. The number of ether oxygens (including phenoxy) is 1. The lowest BCUT2D eigenvalue weighted by Gasteiger charge is -2.34. The van der Waals surface area contributed by atoms with Crippen LogP contribution in [-0.4, -0.2) is 40.6 Å². The Balaban J connectivity index is 1.78. The summed E-state index contributed by atoms with van der Waals surface area (Å²) >= 11 is 0. The SMILES string of the molecule is O=C(O)[C@H]1CCCCN1C(=O)[C@H]1Cc2cccc(F)c2O1. The number of para-hydroxylation sites is 1. The van der Waals surface area contributed by atoms with Crippen LogP contribution in [0.3, 0.4) is 0 Å². The second-order valence-electron chi connectivity index (χ2n) is 5.42. The number of nitrogens with zero attached hydrogens (tertiary/aromatic N) is 1. The molecule has 2 aliphatic rings. The smallest absolute Gasteiger partial charge is 0.326 e. The minimum Gasteiger partial charge on any atom is -0.480 e. The summed E-state index contributed by atoms with van der Waals surface area (Å²) in [6, 6.07) is 3.78. The number of hydrogen-bond donors (Lipinski definition) is 1. The summed E-state index contributed by atoms with van der Waals surface area (Å²) in [5, 5.41) is 9.22. The Morgan fingerprint density at radius 2 is 2.14 bits per heavy atom. The molecular formula is C15H16FNO4. The first-order chi connectivity index (χ1) is 10.1. The van der Waals surface area contributed by atoms with E-state index in [0.717, 1.165) is 12.8 Å². The highest BCUT2D eigenvalue weighted by atomic mass is 19.1. The minimum absolute atomic E-state index is 0.111. The number of aliphatic carboxylic acids is 1. The molecule has 2 atom stereocenters. The fraction of sp³-hybridized carbons (Fsp3) is 0.467. The number of amides is 1. The molecule has 2 heterocycles. The third kappa shape index (κ3) is 2.46. The Morgan fingerprint density at radius 3 is 2.86 bits per heavy atom. The van der Waals surface area contributed by atoms with Crippen molar-refractivity contribution >= 4 is 11.9 Å². The van der Waals surface area contributed by atoms with Crippen molar-refractivity contribution in [3.63, 3.8) is 0 Å². The number of piperidine rings is 1. The maximum Gasteiger partial charge on any atom is 0.326 e. The fourth-order valence-electron chi connectivity index (χ4n) is 3.00. The van der Waals surface area contributed by atoms with E-state index in [1.54, 1.807) is 12.1 Å². The average Bonchev–Trinajstić information content (AvgIpc) is 2.92. The molecule has 1 amide bonds. The van der Waals surface area contributed by atoms with Gasteiger partial charge in [0.05, 0.1) is 0 Å². The van der Waals surface area contributed by atoms with Crippen LogP contribution in [0.4, 0.5) is 4.39 Å². The van der Waals surface area contributed by atoms with Gasteiger partial charge in [-0.1, -0.05) is 12.1 Å². The molecule has 0 aromatic heterocycles. The van der Waals surface area contributed by atoms with Crippen molar-refractivity contribution in [3.05, 3.63) is 29.6 Å². The molecule has 6 heteroatoms. The summed E-state index contributed by atoms with van der Waals surface area (Å²) in [5.74, 6) is -1.74. The lowest BCUT2D eigenvalue weighted by Crippen LogP contribution is -2.52. The van der Waals surface area contributed by atoms with E-state index in [1.807, 2.05) is 0 Å². The van der Waals surface area contributed by atoms with E-state index in [-0.39, 0.29) is 18.1 Å². The van der Waals surface area contributed by atoms with Crippen LogP contribution in [0.1, 0.15) is 24.8 Å². The Hall–Kier alpha value is -2.11. The molecule has 0 spiro atoms. The Labute approximate surface area is 121 Å². The predicted molar refractivity (Wildman–Crippen MR) is 71.5 cm³/mol. The summed E-state index contributed by atoms with van der Waals surface area (Å²) in [6.07, 6.45) is 1.49. The third-order valence-electron chi connectivity index (χ3n) is 4.06. The molecule has 21 heavy (non-hydrogen) atoms. The maximum absolute atomic E-state index is 13.6. The standard InChI is InChI=1S/C15H16FNO4/c16-10-5-3-4-9-8-12(21-13(9)10)14(18)17-7-2-1-6-11(17)15(19)20/h3-5,11-12H,1-2,6-8H2,(H,19,20)/t11-,12-/m1/s1. The summed E-state index contributed by atoms with van der Waals surface area (Å²) in [5.41, 5.74) is 0.650. The van der Waals surface area contributed by atoms with Crippen molar-refractivity contribution < 1.29 is 23.8 Å². The number of hydrogen-bond acceptors (Lipinski definition) is 3. The predicted octanol–water partition coefficient (Wildman–Crippen LogP) is 1.59. The van der Waals surface area contributed by atoms with E-state index in [1.165, 1.54) is 11.0 Å². The van der Waals surface area contributed by atoms with Gasteiger partial charge < -0.3 is 14.7 Å². The number of rotatable bonds is 2. The van der Waals surface area contributed by atoms with E-state index < -0.39 is 23.9 Å². The molecule has 112 valence electrons. The van der Waals surface area contributed by atoms with E-state index in [0.29, 0.717) is 18.5 Å². The van der Waals surface area contributed by atoms with Gasteiger partial charge in [-0.25, -0.2) is 9.18 Å². The van der Waals surface area contributed by atoms with Gasteiger partial charge in [-0.2, -0.15) is 0 Å². The number of carboxylic acid groups (broad SMARTS) is 1. The van der Waals surface area contributed by atoms with E-state index in [4.69, 9.17) is 4.74 Å². The number of carbonyl (C=O) groups excluding carboxylic acids is 1. The lowest BCUT2D eigenvalue weighted by atomic mass is 10.0. The normalized spacial score (nSPS) is 24.3. The van der Waals surface area contributed by atoms with Gasteiger partial charge in [-0.3, -0.25) is 4.79 Å². The van der Waals surface area contributed by atoms with Crippen molar-refractivity contribution in [2.24, 2.45) is 0 Å². The minimum atomic E-state index is -0.996. The number of likely N-dealkylation sites (tertiary alicyclic amines) is 1. The van der Waals surface area contributed by atoms with Crippen LogP contribution < -0.4 is 4.74 Å². The van der Waals surface area contributed by atoms with Gasteiger partial charge in [0, 0.05) is 18.5 Å². The molecule has 1 aromatic rings. The van der Waals surface area contributed by atoms with Gasteiger partial charge in [0.1, 0.15) is 6.04 Å². The Kier molecular flexibility index (Phi) is 3.53. The molecule has 0 bridgehead atoms. The molecule has 1 aromatic carbocycles. The molecular weight excluding hydrogens is 277 g/mol. The van der Waals surface area contributed by atoms with Crippen LogP contribution in [-0.2, 0) is 16.0 Å². The first-order valence-electron chi connectivity index (χ1n) is 7.05. The molecule has 0 saturated carbocycles. The number of halogens is 1. The van der Waals surface area contributed by atoms with Gasteiger partial charge in [0.25, 0.3) is 5.91 Å². The van der Waals surface area contributed by atoms with Gasteiger partial charge in [0.15, 0.2) is 17.7 Å². The summed E-state index contributed by atoms with van der Waals surface area (Å²) in [7, 11) is 0. The van der Waals surface area contributed by atoms with E-state index in [9.17, 15) is 19.1 Å². The molecule has 0 radical (unpaired) electrons. The molecule has 1 N–H and O–H groups in total. The van der Waals surface area contributed by atoms with E-state index >= 15 is 0 Å². The van der Waals surface area contributed by atoms with Crippen LogP contribution in [0.5, 0.6) is 5.75 Å². The largest absolute Gasteiger partial charge is 0.480 e. The molecule has 2 aliphatic heterocycles. The van der Waals surface area contributed by atoms with Gasteiger partial charge in [-0.05, 0) is 25.3 Å². The van der Waals surface area contributed by atoms with Crippen LogP contribution >= 0.6 is 0 Å². The van der Waals surface area contributed by atoms with Crippen molar-refractivity contribution in [1.82, 2.24) is 4.90 Å². The second kappa shape index (κ2) is 5.35. The lowest BCUT2D eigenvalue weighted by molar-refractivity contribution is -0.155. The Bertz CT molecular complexity index is 589. The van der Waals surface area contributed by atoms with Gasteiger partial charge in [-0.15, -0.1) is 0 Å². The molecule has 0 unspecified atom stereocenters. The van der Waals surface area contributed by atoms with Gasteiger partial charge >= 0.3 is 5.97 Å². The number of carbonyl (C=O) groups is 2. The first-order valence-corrected chi connectivity index (χ1v) is 7.05. The molecule has 1 fully saturated rings. The quantitative estimate of drug-likeness (QED) is 0.899. The number of fused-ring (bicyclic) bond motifs is 1. The van der Waals surface area contributed by atoms with Crippen molar-refractivity contribution in [3.8, 4) is 5.75 Å². The number of benzene rings is 1. The Morgan fingerprint density at radius 1 is 1.33 bits per heavy atom. The number of carboxylic acids is 1. The highest BCUT2D eigenvalue weighted by Crippen LogP contribution is 2.32. The van der Waals surface area contributed by atoms with Crippen molar-refractivity contribution in [2.45, 2.75) is 37.8 Å². The molecule has 1 saturated heterocycles. The second-order valence-corrected chi connectivity index (χ2v) is 5.42. The van der Waals surface area contributed by atoms with Crippen LogP contribution in [0.2, 0.25) is 0 Å². The van der Waals surface area contributed by atoms with Crippen LogP contribution in [0, 0.1) is 5.82 Å². The summed E-state index contributed by atoms with van der Waals surface area (Å²) in [6.45, 7) is 0.411. The highest BCUT2D eigenvalue weighted by Gasteiger charge is 2.39. The van der Waals surface area contributed by atoms with Crippen LogP contribution in [0.15, 0.2) is 18.2 Å². The zero-order valence-electron chi connectivity index (χ0n) is 11.4. The molecule has 0 aliphatic carbocycles. The van der Waals surface area contributed by atoms with Crippen LogP contribution in [0.25, 0.3) is 0 Å². The van der Waals surface area contributed by atoms with Crippen molar-refractivity contribution in [2.75, 3.05) is 6.54 Å². The zero-order valence-corrected chi connectivity index (χ0v) is 11.4.